The zero-order valence-electron chi connectivity index (χ0n) is 17.2. The second kappa shape index (κ2) is 9.14. The molecule has 8 heteroatoms. The van der Waals surface area contributed by atoms with Crippen LogP contribution in [0.5, 0.6) is 0 Å². The van der Waals surface area contributed by atoms with Gasteiger partial charge in [-0.3, -0.25) is 14.6 Å². The topological polar surface area (TPSA) is 97.4 Å². The maximum atomic E-state index is 12.8. The lowest BCUT2D eigenvalue weighted by atomic mass is 9.97. The summed E-state index contributed by atoms with van der Waals surface area (Å²) >= 11 is 3.40. The van der Waals surface area contributed by atoms with Gasteiger partial charge in [-0.2, -0.15) is 0 Å². The minimum Gasteiger partial charge on any atom is -0.444 e. The number of benzene rings is 1. The van der Waals surface area contributed by atoms with Gasteiger partial charge in [0.25, 0.3) is 0 Å². The van der Waals surface area contributed by atoms with Crippen molar-refractivity contribution in [1.29, 1.82) is 0 Å². The van der Waals surface area contributed by atoms with Crippen LogP contribution in [0.2, 0.25) is 0 Å². The Balaban J connectivity index is 1.77. The lowest BCUT2D eigenvalue weighted by molar-refractivity contribution is 0.0535. The molecule has 31 heavy (non-hydrogen) atoms. The van der Waals surface area contributed by atoms with Crippen LogP contribution in [0.15, 0.2) is 52.8 Å². The van der Waals surface area contributed by atoms with Gasteiger partial charge in [-0.1, -0.05) is 27.8 Å². The number of hydrogen-bond acceptors (Lipinski definition) is 6. The highest BCUT2D eigenvalue weighted by Gasteiger charge is 2.26. The Morgan fingerprint density at radius 2 is 2.00 bits per heavy atom. The number of carbonyl (C=O) groups excluding carboxylic acids is 3. The van der Waals surface area contributed by atoms with Gasteiger partial charge in [0, 0.05) is 22.3 Å². The third-order valence-electron chi connectivity index (χ3n) is 4.00. The van der Waals surface area contributed by atoms with Crippen LogP contribution in [0.25, 0.3) is 0 Å². The van der Waals surface area contributed by atoms with Crippen LogP contribution in [0.1, 0.15) is 47.2 Å². The monoisotopic (exact) mass is 481 g/mol. The summed E-state index contributed by atoms with van der Waals surface area (Å²) in [5.74, 6) is 5.14. The van der Waals surface area contributed by atoms with Crippen molar-refractivity contribution in [3.63, 3.8) is 0 Å². The second-order valence-corrected chi connectivity index (χ2v) is 8.54. The van der Waals surface area contributed by atoms with Crippen molar-refractivity contribution in [3.8, 4) is 11.8 Å². The molecule has 1 aliphatic rings. The lowest BCUT2D eigenvalue weighted by Crippen LogP contribution is -2.32. The number of fused-ring (bicyclic) bond motifs is 1. The third kappa shape index (κ3) is 5.80. The molecule has 1 aromatic heterocycles. The predicted octanol–water partition coefficient (Wildman–Crippen LogP) is 4.10. The molecule has 1 heterocycles. The Morgan fingerprint density at radius 1 is 1.23 bits per heavy atom. The van der Waals surface area contributed by atoms with Gasteiger partial charge >= 0.3 is 6.09 Å². The van der Waals surface area contributed by atoms with E-state index in [-0.39, 0.29) is 35.1 Å². The second-order valence-electron chi connectivity index (χ2n) is 7.62. The average Bonchev–Trinajstić information content (AvgIpc) is 2.69. The fraction of sp³-hybridized carbons (Fsp3) is 0.217. The summed E-state index contributed by atoms with van der Waals surface area (Å²) in [4.78, 5) is 40.8. The molecule has 2 N–H and O–H groups in total. The molecule has 0 saturated carbocycles. The van der Waals surface area contributed by atoms with Crippen molar-refractivity contribution >= 4 is 39.3 Å². The van der Waals surface area contributed by atoms with Crippen LogP contribution in [-0.2, 0) is 4.74 Å². The smallest absolute Gasteiger partial charge is 0.408 e. The maximum Gasteiger partial charge on any atom is 0.408 e. The van der Waals surface area contributed by atoms with Crippen molar-refractivity contribution in [2.45, 2.75) is 26.4 Å². The molecule has 3 rings (SSSR count). The molecule has 0 atom stereocenters. The third-order valence-corrected chi connectivity index (χ3v) is 4.49. The van der Waals surface area contributed by atoms with Gasteiger partial charge in [0.1, 0.15) is 11.3 Å². The first-order valence-corrected chi connectivity index (χ1v) is 10.2. The number of carbonyl (C=O) groups is 3. The van der Waals surface area contributed by atoms with E-state index in [1.807, 2.05) is 0 Å². The summed E-state index contributed by atoms with van der Waals surface area (Å²) in [6, 6.07) is 8.50. The van der Waals surface area contributed by atoms with E-state index in [2.05, 4.69) is 43.4 Å². The van der Waals surface area contributed by atoms with E-state index in [0.29, 0.717) is 11.3 Å². The fourth-order valence-corrected chi connectivity index (χ4v) is 3.09. The van der Waals surface area contributed by atoms with E-state index in [9.17, 15) is 14.4 Å². The van der Waals surface area contributed by atoms with Gasteiger partial charge < -0.3 is 15.4 Å². The molecule has 2 aromatic rings. The summed E-state index contributed by atoms with van der Waals surface area (Å²) in [5.41, 5.74) is 1.07. The molecule has 0 fully saturated rings. The van der Waals surface area contributed by atoms with Gasteiger partial charge in [-0.15, -0.1) is 0 Å². The minimum atomic E-state index is -0.591. The molecule has 0 saturated heterocycles. The number of rotatable bonds is 3. The molecule has 0 bridgehead atoms. The summed E-state index contributed by atoms with van der Waals surface area (Å²) in [5, 5.41) is 5.57. The zero-order valence-corrected chi connectivity index (χ0v) is 18.8. The molecule has 1 aromatic carbocycles. The number of Topliss-reactive ketones (excluding diaryl/α,β-unsaturated/α-hetero) is 1. The van der Waals surface area contributed by atoms with E-state index in [4.69, 9.17) is 4.74 Å². The van der Waals surface area contributed by atoms with Gasteiger partial charge in [0.2, 0.25) is 11.6 Å². The summed E-state index contributed by atoms with van der Waals surface area (Å²) in [7, 11) is 0. The van der Waals surface area contributed by atoms with E-state index in [1.54, 1.807) is 51.1 Å². The van der Waals surface area contributed by atoms with Crippen molar-refractivity contribution in [2.75, 3.05) is 11.9 Å². The first-order valence-electron chi connectivity index (χ1n) is 9.42. The van der Waals surface area contributed by atoms with Crippen LogP contribution >= 0.6 is 15.9 Å². The fourth-order valence-electron chi connectivity index (χ4n) is 2.73. The number of allylic oxidation sites excluding steroid dienone is 2. The molecular formula is C23H20BrN3O4. The Kier molecular flexibility index (Phi) is 6.56. The summed E-state index contributed by atoms with van der Waals surface area (Å²) in [6.45, 7) is 5.42. The highest BCUT2D eigenvalue weighted by molar-refractivity contribution is 9.10. The molecular weight excluding hydrogens is 462 g/mol. The number of nitrogens with one attached hydrogen (secondary N) is 2. The van der Waals surface area contributed by atoms with E-state index in [0.717, 1.165) is 4.47 Å². The number of ketones is 2. The van der Waals surface area contributed by atoms with Gasteiger partial charge in [0.15, 0.2) is 0 Å². The Hall–Kier alpha value is -3.44. The molecule has 0 aliphatic heterocycles. The SMILES string of the molecule is CC(C)(C)OC(=O)NCC#Cc1ccc(Br)cc1NC1=CC(=O)c2ncccc2C1=O. The molecule has 7 nitrogen and oxygen atoms in total. The lowest BCUT2D eigenvalue weighted by Gasteiger charge is -2.19. The molecule has 0 spiro atoms. The Labute approximate surface area is 188 Å². The zero-order chi connectivity index (χ0) is 22.6. The van der Waals surface area contributed by atoms with Gasteiger partial charge in [0.05, 0.1) is 23.5 Å². The number of ether oxygens (including phenoxy) is 1. The van der Waals surface area contributed by atoms with E-state index < -0.39 is 11.7 Å². The first kappa shape index (κ1) is 22.2. The number of halogens is 1. The van der Waals surface area contributed by atoms with Crippen molar-refractivity contribution in [2.24, 2.45) is 0 Å². The van der Waals surface area contributed by atoms with Crippen LogP contribution in [0.3, 0.4) is 0 Å². The van der Waals surface area contributed by atoms with E-state index >= 15 is 0 Å². The number of pyridine rings is 1. The standard InChI is InChI=1S/C23H20BrN3O4/c1-23(2,3)31-22(30)26-11-4-6-14-8-9-15(24)12-17(14)27-18-13-19(28)20-16(21(18)29)7-5-10-25-20/h5,7-10,12-13,27H,11H2,1-3H3,(H,26,30). The van der Waals surface area contributed by atoms with Crippen molar-refractivity contribution in [1.82, 2.24) is 10.3 Å². The average molecular weight is 482 g/mol. The summed E-state index contributed by atoms with van der Waals surface area (Å²) in [6.07, 6.45) is 2.16. The largest absolute Gasteiger partial charge is 0.444 e. The maximum absolute atomic E-state index is 12.8. The van der Waals surface area contributed by atoms with Crippen LogP contribution in [0.4, 0.5) is 10.5 Å². The van der Waals surface area contributed by atoms with Crippen LogP contribution in [0, 0.1) is 11.8 Å². The van der Waals surface area contributed by atoms with Crippen LogP contribution in [-0.4, -0.2) is 34.8 Å². The molecule has 1 amide bonds. The van der Waals surface area contributed by atoms with Crippen molar-refractivity contribution < 1.29 is 19.1 Å². The molecule has 1 aliphatic carbocycles. The molecule has 158 valence electrons. The first-order chi connectivity index (χ1) is 14.6. The van der Waals surface area contributed by atoms with Gasteiger partial charge in [-0.25, -0.2) is 4.79 Å². The normalized spacial score (nSPS) is 12.8. The number of amides is 1. The molecule has 0 radical (unpaired) electrons. The van der Waals surface area contributed by atoms with Crippen molar-refractivity contribution in [3.05, 3.63) is 69.6 Å². The quantitative estimate of drug-likeness (QED) is 0.640. The Bertz CT molecular complexity index is 1150. The van der Waals surface area contributed by atoms with Gasteiger partial charge in [-0.05, 0) is 51.1 Å². The predicted molar refractivity (Wildman–Crippen MR) is 120 cm³/mol. The highest BCUT2D eigenvalue weighted by atomic mass is 79.9. The number of alkyl carbamates (subject to hydrolysis) is 1. The summed E-state index contributed by atoms with van der Waals surface area (Å²) < 4.78 is 5.93. The number of anilines is 1. The number of aromatic nitrogens is 1. The molecule has 0 unspecified atom stereocenters. The van der Waals surface area contributed by atoms with E-state index in [1.165, 1.54) is 12.3 Å². The minimum absolute atomic E-state index is 0.0869. The highest BCUT2D eigenvalue weighted by Crippen LogP contribution is 2.25. The number of hydrogen-bond donors (Lipinski definition) is 2. The number of nitrogens with zero attached hydrogens (tertiary/aromatic N) is 1. The Morgan fingerprint density at radius 3 is 2.74 bits per heavy atom. The van der Waals surface area contributed by atoms with Crippen LogP contribution < -0.4 is 10.6 Å².